The van der Waals surface area contributed by atoms with Crippen LogP contribution in [-0.2, 0) is 0 Å². The first-order valence-corrected chi connectivity index (χ1v) is 6.99. The number of carbonyl (C=O) groups excluding carboxylic acids is 1. The van der Waals surface area contributed by atoms with Crippen molar-refractivity contribution in [2.75, 3.05) is 25.5 Å². The maximum Gasteiger partial charge on any atom is 0.337 e. The Bertz CT molecular complexity index is 521. The fourth-order valence-electron chi connectivity index (χ4n) is 2.41. The molecule has 1 unspecified atom stereocenters. The standard InChI is InChI=1S/C14H20N4O3/c1-18-5-3-2-4-12(18)9-16-14(21)17-11-6-10(13(19)20)7-15-8-11/h6-8,12H,2-5,9H2,1H3,(H,19,20)(H2,16,17,21). The third kappa shape index (κ3) is 4.42. The molecule has 2 rings (SSSR count). The lowest BCUT2D eigenvalue weighted by Crippen LogP contribution is -2.45. The van der Waals surface area contributed by atoms with E-state index in [-0.39, 0.29) is 11.6 Å². The number of carboxylic acids is 1. The van der Waals surface area contributed by atoms with Crippen LogP contribution in [0.5, 0.6) is 0 Å². The van der Waals surface area contributed by atoms with Crippen molar-refractivity contribution in [2.24, 2.45) is 0 Å². The SMILES string of the molecule is CN1CCCCC1CNC(=O)Nc1cncc(C(=O)O)c1. The van der Waals surface area contributed by atoms with Gasteiger partial charge in [-0.25, -0.2) is 9.59 Å². The molecule has 1 aliphatic heterocycles. The Morgan fingerprint density at radius 2 is 2.24 bits per heavy atom. The number of nitrogens with one attached hydrogen (secondary N) is 2. The molecule has 7 heteroatoms. The fraction of sp³-hybridized carbons (Fsp3) is 0.500. The van der Waals surface area contributed by atoms with Gasteiger partial charge in [0.2, 0.25) is 0 Å². The molecule has 0 radical (unpaired) electrons. The average Bonchev–Trinajstić information content (AvgIpc) is 2.46. The van der Waals surface area contributed by atoms with E-state index in [1.54, 1.807) is 0 Å². The zero-order valence-corrected chi connectivity index (χ0v) is 12.0. The lowest BCUT2D eigenvalue weighted by molar-refractivity contribution is 0.0696. The van der Waals surface area contributed by atoms with Crippen molar-refractivity contribution in [3.05, 3.63) is 24.0 Å². The minimum absolute atomic E-state index is 0.0415. The van der Waals surface area contributed by atoms with E-state index in [0.717, 1.165) is 13.0 Å². The summed E-state index contributed by atoms with van der Waals surface area (Å²) in [7, 11) is 2.06. The highest BCUT2D eigenvalue weighted by Crippen LogP contribution is 2.14. The Kier molecular flexibility index (Phi) is 5.10. The highest BCUT2D eigenvalue weighted by Gasteiger charge is 2.19. The van der Waals surface area contributed by atoms with Crippen molar-refractivity contribution in [2.45, 2.75) is 25.3 Å². The molecule has 7 nitrogen and oxygen atoms in total. The van der Waals surface area contributed by atoms with Gasteiger partial charge in [-0.3, -0.25) is 4.98 Å². The summed E-state index contributed by atoms with van der Waals surface area (Å²) in [6.45, 7) is 1.63. The average molecular weight is 292 g/mol. The molecule has 3 N–H and O–H groups in total. The number of urea groups is 1. The smallest absolute Gasteiger partial charge is 0.337 e. The van der Waals surface area contributed by atoms with Gasteiger partial charge >= 0.3 is 12.0 Å². The third-order valence-corrected chi connectivity index (χ3v) is 3.66. The molecule has 1 aromatic rings. The molecule has 0 bridgehead atoms. The normalized spacial score (nSPS) is 19.0. The van der Waals surface area contributed by atoms with E-state index in [1.807, 2.05) is 0 Å². The number of nitrogens with zero attached hydrogens (tertiary/aromatic N) is 2. The molecule has 2 heterocycles. The number of aromatic carboxylic acids is 1. The van der Waals surface area contributed by atoms with Crippen LogP contribution in [0.1, 0.15) is 29.6 Å². The van der Waals surface area contributed by atoms with E-state index in [2.05, 4.69) is 27.6 Å². The Balaban J connectivity index is 1.84. The maximum atomic E-state index is 11.8. The van der Waals surface area contributed by atoms with Gasteiger partial charge in [-0.1, -0.05) is 6.42 Å². The number of carboxylic acid groups (broad SMARTS) is 1. The van der Waals surface area contributed by atoms with Crippen molar-refractivity contribution >= 4 is 17.7 Å². The van der Waals surface area contributed by atoms with Crippen LogP contribution in [0.4, 0.5) is 10.5 Å². The number of hydrogen-bond acceptors (Lipinski definition) is 4. The molecule has 2 amide bonds. The first kappa shape index (κ1) is 15.2. The summed E-state index contributed by atoms with van der Waals surface area (Å²) in [5, 5.41) is 14.3. The van der Waals surface area contributed by atoms with Gasteiger partial charge in [0, 0.05) is 18.8 Å². The molecule has 1 fully saturated rings. The predicted molar refractivity (Wildman–Crippen MR) is 78.5 cm³/mol. The van der Waals surface area contributed by atoms with Crippen molar-refractivity contribution in [1.82, 2.24) is 15.2 Å². The number of piperidine rings is 1. The number of carbonyl (C=O) groups is 2. The summed E-state index contributed by atoms with van der Waals surface area (Å²) in [6, 6.07) is 1.38. The van der Waals surface area contributed by atoms with Crippen LogP contribution in [0, 0.1) is 0 Å². The lowest BCUT2D eigenvalue weighted by atomic mass is 10.0. The molecule has 0 aliphatic carbocycles. The summed E-state index contributed by atoms with van der Waals surface area (Å²) in [6.07, 6.45) is 6.11. The molecule has 1 atom stereocenters. The lowest BCUT2D eigenvalue weighted by Gasteiger charge is -2.32. The fourth-order valence-corrected chi connectivity index (χ4v) is 2.41. The zero-order chi connectivity index (χ0) is 15.2. The van der Waals surface area contributed by atoms with E-state index in [9.17, 15) is 9.59 Å². The number of hydrogen-bond donors (Lipinski definition) is 3. The largest absolute Gasteiger partial charge is 0.478 e. The second kappa shape index (κ2) is 7.03. The molecule has 1 aliphatic rings. The Morgan fingerprint density at radius 1 is 1.43 bits per heavy atom. The summed E-state index contributed by atoms with van der Waals surface area (Å²) < 4.78 is 0. The van der Waals surface area contributed by atoms with E-state index < -0.39 is 5.97 Å². The summed E-state index contributed by atoms with van der Waals surface area (Å²) in [5.74, 6) is -1.07. The maximum absolute atomic E-state index is 11.8. The molecule has 0 saturated carbocycles. The van der Waals surface area contributed by atoms with Crippen molar-refractivity contribution in [1.29, 1.82) is 0 Å². The van der Waals surface area contributed by atoms with Crippen LogP contribution in [0.3, 0.4) is 0 Å². The molecular weight excluding hydrogens is 272 g/mol. The van der Waals surface area contributed by atoms with E-state index in [0.29, 0.717) is 18.3 Å². The Labute approximate surface area is 123 Å². The first-order valence-electron chi connectivity index (χ1n) is 6.99. The number of rotatable bonds is 4. The predicted octanol–water partition coefficient (Wildman–Crippen LogP) is 1.39. The van der Waals surface area contributed by atoms with Gasteiger partial charge in [0.15, 0.2) is 0 Å². The van der Waals surface area contributed by atoms with Gasteiger partial charge in [0.25, 0.3) is 0 Å². The number of likely N-dealkylation sites (N-methyl/N-ethyl adjacent to an activating group) is 1. The molecule has 21 heavy (non-hydrogen) atoms. The minimum atomic E-state index is -1.07. The molecule has 1 saturated heterocycles. The van der Waals surface area contributed by atoms with Crippen LogP contribution >= 0.6 is 0 Å². The van der Waals surface area contributed by atoms with Crippen LogP contribution in [0.15, 0.2) is 18.5 Å². The molecule has 0 aromatic carbocycles. The number of anilines is 1. The van der Waals surface area contributed by atoms with Crippen LogP contribution in [-0.4, -0.2) is 53.2 Å². The quantitative estimate of drug-likeness (QED) is 0.779. The highest BCUT2D eigenvalue weighted by molar-refractivity contribution is 5.92. The van der Waals surface area contributed by atoms with Crippen molar-refractivity contribution < 1.29 is 14.7 Å². The summed E-state index contributed by atoms with van der Waals surface area (Å²) in [5.41, 5.74) is 0.407. The number of amides is 2. The first-order chi connectivity index (χ1) is 10.1. The van der Waals surface area contributed by atoms with Gasteiger partial charge in [0.05, 0.1) is 17.4 Å². The Hall–Kier alpha value is -2.15. The second-order valence-electron chi connectivity index (χ2n) is 5.23. The highest BCUT2D eigenvalue weighted by atomic mass is 16.4. The topological polar surface area (TPSA) is 94.6 Å². The summed E-state index contributed by atoms with van der Waals surface area (Å²) in [4.78, 5) is 28.7. The van der Waals surface area contributed by atoms with Gasteiger partial charge in [0.1, 0.15) is 0 Å². The Morgan fingerprint density at radius 3 is 2.95 bits per heavy atom. The summed E-state index contributed by atoms with van der Waals surface area (Å²) >= 11 is 0. The van der Waals surface area contributed by atoms with Gasteiger partial charge < -0.3 is 20.6 Å². The van der Waals surface area contributed by atoms with Crippen molar-refractivity contribution in [3.8, 4) is 0 Å². The third-order valence-electron chi connectivity index (χ3n) is 3.66. The van der Waals surface area contributed by atoms with E-state index >= 15 is 0 Å². The second-order valence-corrected chi connectivity index (χ2v) is 5.23. The van der Waals surface area contributed by atoms with Gasteiger partial charge in [-0.2, -0.15) is 0 Å². The number of pyridine rings is 1. The number of aromatic nitrogens is 1. The van der Waals surface area contributed by atoms with Gasteiger partial charge in [-0.15, -0.1) is 0 Å². The minimum Gasteiger partial charge on any atom is -0.478 e. The van der Waals surface area contributed by atoms with Crippen LogP contribution < -0.4 is 10.6 Å². The molecule has 114 valence electrons. The molecule has 1 aromatic heterocycles. The van der Waals surface area contributed by atoms with Crippen LogP contribution in [0.25, 0.3) is 0 Å². The van der Waals surface area contributed by atoms with Gasteiger partial charge in [-0.05, 0) is 32.5 Å². The molecule has 0 spiro atoms. The monoisotopic (exact) mass is 292 g/mol. The van der Waals surface area contributed by atoms with Crippen molar-refractivity contribution in [3.63, 3.8) is 0 Å². The van der Waals surface area contributed by atoms with E-state index in [4.69, 9.17) is 5.11 Å². The zero-order valence-electron chi connectivity index (χ0n) is 12.0. The number of likely N-dealkylation sites (tertiary alicyclic amines) is 1. The molecular formula is C14H20N4O3. The van der Waals surface area contributed by atoms with Crippen LogP contribution in [0.2, 0.25) is 0 Å². The van der Waals surface area contributed by atoms with E-state index in [1.165, 1.54) is 31.3 Å².